The Kier molecular flexibility index (Phi) is 4.04. The van der Waals surface area contributed by atoms with Gasteiger partial charge >= 0.3 is 0 Å². The molecule has 1 unspecified atom stereocenters. The summed E-state index contributed by atoms with van der Waals surface area (Å²) in [4.78, 5) is 1.52. The minimum atomic E-state index is -1.60. The Morgan fingerprint density at radius 1 is 1.28 bits per heavy atom. The molecule has 4 nitrogen and oxygen atoms in total. The third-order valence-corrected chi connectivity index (χ3v) is 8.03. The van der Waals surface area contributed by atoms with Gasteiger partial charge in [0, 0.05) is 0 Å². The van der Waals surface area contributed by atoms with Crippen molar-refractivity contribution in [3.05, 3.63) is 11.4 Å². The molecule has 0 spiro atoms. The highest BCUT2D eigenvalue weighted by Gasteiger charge is 2.33. The summed E-state index contributed by atoms with van der Waals surface area (Å²) in [5.74, 6) is 3.20. The van der Waals surface area contributed by atoms with Crippen LogP contribution < -0.4 is 5.73 Å². The van der Waals surface area contributed by atoms with Gasteiger partial charge in [0.15, 0.2) is 5.69 Å². The summed E-state index contributed by atoms with van der Waals surface area (Å²) in [6, 6.07) is 0. The highest BCUT2D eigenvalue weighted by Crippen LogP contribution is 2.35. The monoisotopic (exact) mass is 264 g/mol. The van der Waals surface area contributed by atoms with E-state index in [0.29, 0.717) is 0 Å². The smallest absolute Gasteiger partial charge is 0.157 e. The zero-order valence-corrected chi connectivity index (χ0v) is 13.5. The van der Waals surface area contributed by atoms with E-state index in [1.54, 1.807) is 0 Å². The minimum Gasteiger partial charge on any atom is -0.308 e. The van der Waals surface area contributed by atoms with Gasteiger partial charge in [-0.25, -0.2) is 0 Å². The Morgan fingerprint density at radius 3 is 2.22 bits per heavy atom. The van der Waals surface area contributed by atoms with Gasteiger partial charge in [0.25, 0.3) is 0 Å². The van der Waals surface area contributed by atoms with E-state index in [0.717, 1.165) is 11.4 Å². The standard InChI is InChI=1S/C13H24N4Si/c1-10-12(16-17(15-10)11(2)14)8-9-18(6,7)13(3,4)5/h11H,14H2,1-7H3. The van der Waals surface area contributed by atoms with Gasteiger partial charge < -0.3 is 5.73 Å². The molecular weight excluding hydrogens is 240 g/mol. The molecule has 0 amide bonds. The highest BCUT2D eigenvalue weighted by atomic mass is 28.3. The Morgan fingerprint density at radius 2 is 1.83 bits per heavy atom. The van der Waals surface area contributed by atoms with Gasteiger partial charge in [-0.05, 0) is 18.9 Å². The minimum absolute atomic E-state index is 0.216. The van der Waals surface area contributed by atoms with Crippen molar-refractivity contribution in [1.82, 2.24) is 15.0 Å². The molecule has 0 fully saturated rings. The summed E-state index contributed by atoms with van der Waals surface area (Å²) in [5.41, 5.74) is 10.8. The first-order chi connectivity index (χ1) is 8.04. The zero-order chi connectivity index (χ0) is 14.1. The molecule has 0 bridgehead atoms. The van der Waals surface area contributed by atoms with Crippen LogP contribution in [0.1, 0.15) is 45.2 Å². The molecule has 5 heteroatoms. The normalized spacial score (nSPS) is 14.0. The predicted octanol–water partition coefficient (Wildman–Crippen LogP) is 2.46. The molecule has 0 aromatic carbocycles. The van der Waals surface area contributed by atoms with E-state index in [-0.39, 0.29) is 11.2 Å². The quantitative estimate of drug-likeness (QED) is 0.626. The second-order valence-corrected chi connectivity index (χ2v) is 11.3. The van der Waals surface area contributed by atoms with Crippen molar-refractivity contribution in [2.45, 2.75) is 58.9 Å². The van der Waals surface area contributed by atoms with Gasteiger partial charge in [-0.1, -0.05) is 39.8 Å². The van der Waals surface area contributed by atoms with E-state index in [9.17, 15) is 0 Å². The van der Waals surface area contributed by atoms with Crippen LogP contribution in [0.25, 0.3) is 0 Å². The maximum absolute atomic E-state index is 5.75. The summed E-state index contributed by atoms with van der Waals surface area (Å²) in [5, 5.41) is 8.85. The number of hydrogen-bond donors (Lipinski definition) is 1. The second-order valence-electron chi connectivity index (χ2n) is 6.32. The molecule has 0 radical (unpaired) electrons. The number of nitrogens with two attached hydrogens (primary N) is 1. The third-order valence-electron chi connectivity index (χ3n) is 3.53. The Balaban J connectivity index is 3.06. The first kappa shape index (κ1) is 14.9. The van der Waals surface area contributed by atoms with Gasteiger partial charge in [0.1, 0.15) is 14.2 Å². The average molecular weight is 264 g/mol. The number of aromatic nitrogens is 3. The average Bonchev–Trinajstić information content (AvgIpc) is 2.55. The lowest BCUT2D eigenvalue weighted by molar-refractivity contribution is 0.445. The maximum atomic E-state index is 5.75. The van der Waals surface area contributed by atoms with E-state index < -0.39 is 8.07 Å². The highest BCUT2D eigenvalue weighted by molar-refractivity contribution is 6.87. The molecular formula is C13H24N4Si. The van der Waals surface area contributed by atoms with Gasteiger partial charge in [-0.3, -0.25) is 0 Å². The number of aryl methyl sites for hydroxylation is 1. The van der Waals surface area contributed by atoms with Crippen LogP contribution in [0, 0.1) is 18.4 Å². The fourth-order valence-electron chi connectivity index (χ4n) is 1.10. The summed E-state index contributed by atoms with van der Waals surface area (Å²) in [6.07, 6.45) is -0.216. The molecule has 0 aliphatic heterocycles. The first-order valence-corrected chi connectivity index (χ1v) is 9.27. The van der Waals surface area contributed by atoms with Crippen molar-refractivity contribution in [3.63, 3.8) is 0 Å². The van der Waals surface area contributed by atoms with Crippen LogP contribution >= 0.6 is 0 Å². The number of hydrogen-bond acceptors (Lipinski definition) is 3. The molecule has 100 valence electrons. The lowest BCUT2D eigenvalue weighted by atomic mass is 10.2. The van der Waals surface area contributed by atoms with Crippen LogP contribution in [0.3, 0.4) is 0 Å². The van der Waals surface area contributed by atoms with E-state index in [2.05, 4.69) is 55.5 Å². The maximum Gasteiger partial charge on any atom is 0.157 e. The molecule has 1 aromatic heterocycles. The zero-order valence-electron chi connectivity index (χ0n) is 12.5. The topological polar surface area (TPSA) is 56.7 Å². The number of rotatable bonds is 1. The fraction of sp³-hybridized carbons (Fsp3) is 0.692. The molecule has 18 heavy (non-hydrogen) atoms. The van der Waals surface area contributed by atoms with Crippen LogP contribution in [0.4, 0.5) is 0 Å². The van der Waals surface area contributed by atoms with Crippen LogP contribution in [0.2, 0.25) is 18.1 Å². The largest absolute Gasteiger partial charge is 0.308 e. The van der Waals surface area contributed by atoms with E-state index in [4.69, 9.17) is 5.73 Å². The van der Waals surface area contributed by atoms with Crippen molar-refractivity contribution < 1.29 is 0 Å². The van der Waals surface area contributed by atoms with E-state index in [1.165, 1.54) is 4.80 Å². The van der Waals surface area contributed by atoms with Crippen LogP contribution in [-0.4, -0.2) is 23.1 Å². The third kappa shape index (κ3) is 3.21. The lowest BCUT2D eigenvalue weighted by Crippen LogP contribution is -2.35. The lowest BCUT2D eigenvalue weighted by Gasteiger charge is -2.31. The Bertz CT molecular complexity index is 483. The van der Waals surface area contributed by atoms with Gasteiger partial charge in [-0.15, -0.1) is 10.6 Å². The Labute approximate surface area is 111 Å². The molecule has 0 saturated carbocycles. The van der Waals surface area contributed by atoms with Crippen LogP contribution in [-0.2, 0) is 0 Å². The van der Waals surface area contributed by atoms with E-state index in [1.807, 2.05) is 13.8 Å². The molecule has 1 rings (SSSR count). The van der Waals surface area contributed by atoms with Crippen molar-refractivity contribution in [2.24, 2.45) is 5.73 Å². The van der Waals surface area contributed by atoms with Crippen LogP contribution in [0.15, 0.2) is 0 Å². The Hall–Kier alpha value is -1.12. The molecule has 1 aromatic rings. The van der Waals surface area contributed by atoms with E-state index >= 15 is 0 Å². The van der Waals surface area contributed by atoms with Gasteiger partial charge in [0.05, 0.1) is 5.69 Å². The van der Waals surface area contributed by atoms with Gasteiger partial charge in [0.2, 0.25) is 0 Å². The molecule has 0 aliphatic carbocycles. The predicted molar refractivity (Wildman–Crippen MR) is 77.7 cm³/mol. The van der Waals surface area contributed by atoms with Gasteiger partial charge in [-0.2, -0.15) is 9.90 Å². The summed E-state index contributed by atoms with van der Waals surface area (Å²) in [6.45, 7) is 15.1. The molecule has 1 atom stereocenters. The SMILES string of the molecule is Cc1nn(C(C)N)nc1C#C[Si](C)(C)C(C)(C)C. The molecule has 2 N–H and O–H groups in total. The second kappa shape index (κ2) is 4.86. The van der Waals surface area contributed by atoms with Crippen molar-refractivity contribution in [1.29, 1.82) is 0 Å². The van der Waals surface area contributed by atoms with Crippen molar-refractivity contribution in [2.75, 3.05) is 0 Å². The fourth-order valence-corrected chi connectivity index (χ4v) is 1.90. The summed E-state index contributed by atoms with van der Waals surface area (Å²) < 4.78 is 0. The first-order valence-electron chi connectivity index (χ1n) is 6.27. The molecule has 0 saturated heterocycles. The number of nitrogens with zero attached hydrogens (tertiary/aromatic N) is 3. The summed E-state index contributed by atoms with van der Waals surface area (Å²) >= 11 is 0. The molecule has 1 heterocycles. The van der Waals surface area contributed by atoms with Crippen molar-refractivity contribution >= 4 is 8.07 Å². The van der Waals surface area contributed by atoms with Crippen molar-refractivity contribution in [3.8, 4) is 11.5 Å². The van der Waals surface area contributed by atoms with Crippen LogP contribution in [0.5, 0.6) is 0 Å². The molecule has 0 aliphatic rings. The summed E-state index contributed by atoms with van der Waals surface area (Å²) in [7, 11) is -1.60.